The van der Waals surface area contributed by atoms with Crippen molar-refractivity contribution in [3.63, 3.8) is 0 Å². The van der Waals surface area contributed by atoms with Crippen LogP contribution in [0.2, 0.25) is 0 Å². The van der Waals surface area contributed by atoms with Gasteiger partial charge in [-0.2, -0.15) is 0 Å². The molecule has 0 spiro atoms. The van der Waals surface area contributed by atoms with E-state index in [2.05, 4.69) is 39.4 Å². The first kappa shape index (κ1) is 17.2. The number of carbonyl (C=O) groups excluding carboxylic acids is 1. The van der Waals surface area contributed by atoms with Gasteiger partial charge < -0.3 is 14.7 Å². The number of aromatic hydroxyl groups is 1. The fourth-order valence-corrected chi connectivity index (χ4v) is 3.98. The van der Waals surface area contributed by atoms with Crippen molar-refractivity contribution in [3.8, 4) is 5.75 Å². The van der Waals surface area contributed by atoms with Crippen molar-refractivity contribution < 1.29 is 14.6 Å². The number of likely N-dealkylation sites (N-methyl/N-ethyl adjacent to an activating group) is 1. The van der Waals surface area contributed by atoms with Gasteiger partial charge in [0.05, 0.1) is 3.57 Å². The van der Waals surface area contributed by atoms with Crippen LogP contribution in [0.4, 0.5) is 0 Å². The van der Waals surface area contributed by atoms with Crippen molar-refractivity contribution in [1.82, 2.24) is 9.80 Å². The highest BCUT2D eigenvalue weighted by Crippen LogP contribution is 2.27. The van der Waals surface area contributed by atoms with E-state index in [4.69, 9.17) is 4.74 Å². The molecule has 0 aliphatic carbocycles. The number of esters is 1. The Balaban J connectivity index is 1.85. The first-order valence-corrected chi connectivity index (χ1v) is 8.89. The molecule has 0 atom stereocenters. The van der Waals surface area contributed by atoms with Crippen LogP contribution in [0.3, 0.4) is 0 Å². The van der Waals surface area contributed by atoms with Crippen molar-refractivity contribution in [2.45, 2.75) is 0 Å². The summed E-state index contributed by atoms with van der Waals surface area (Å²) in [7, 11) is 2.11. The fourth-order valence-electron chi connectivity index (χ4n) is 2.14. The number of hydrogen-bond acceptors (Lipinski definition) is 5. The second-order valence-electron chi connectivity index (χ2n) is 5.06. The summed E-state index contributed by atoms with van der Waals surface area (Å²) in [6.45, 7) is 5.18. The van der Waals surface area contributed by atoms with Crippen LogP contribution in [0.5, 0.6) is 5.75 Å². The van der Waals surface area contributed by atoms with Crippen LogP contribution in [0, 0.1) is 7.14 Å². The maximum absolute atomic E-state index is 12.0. The number of rotatable bonds is 4. The van der Waals surface area contributed by atoms with E-state index in [0.29, 0.717) is 10.2 Å². The topological polar surface area (TPSA) is 53.0 Å². The van der Waals surface area contributed by atoms with E-state index in [-0.39, 0.29) is 11.3 Å². The van der Waals surface area contributed by atoms with Crippen molar-refractivity contribution in [1.29, 1.82) is 0 Å². The molecule has 1 aromatic carbocycles. The zero-order valence-corrected chi connectivity index (χ0v) is 16.1. The van der Waals surface area contributed by atoms with Gasteiger partial charge in [0, 0.05) is 36.3 Å². The molecular weight excluding hydrogens is 498 g/mol. The van der Waals surface area contributed by atoms with Crippen molar-refractivity contribution in [2.75, 3.05) is 46.4 Å². The molecule has 0 aromatic heterocycles. The summed E-state index contributed by atoms with van der Waals surface area (Å²) in [5, 5.41) is 9.94. The van der Waals surface area contributed by atoms with E-state index in [1.54, 1.807) is 6.07 Å². The Morgan fingerprint density at radius 2 is 1.95 bits per heavy atom. The molecule has 1 heterocycles. The number of ether oxygens (including phenoxy) is 1. The molecule has 7 heteroatoms. The van der Waals surface area contributed by atoms with Crippen LogP contribution < -0.4 is 0 Å². The smallest absolute Gasteiger partial charge is 0.342 e. The normalized spacial score (nSPS) is 16.9. The third-order valence-corrected chi connectivity index (χ3v) is 4.93. The SMILES string of the molecule is CN1CCN(CCOC(=O)c2cc(I)cc(I)c2O)CC1. The summed E-state index contributed by atoms with van der Waals surface area (Å²) < 4.78 is 6.85. The zero-order valence-electron chi connectivity index (χ0n) is 11.8. The number of piperazine rings is 1. The molecule has 1 aliphatic rings. The predicted molar refractivity (Wildman–Crippen MR) is 97.8 cm³/mol. The van der Waals surface area contributed by atoms with Crippen LogP contribution in [-0.2, 0) is 4.74 Å². The third kappa shape index (κ3) is 4.93. The van der Waals surface area contributed by atoms with Crippen molar-refractivity contribution >= 4 is 51.2 Å². The number of nitrogens with zero attached hydrogens (tertiary/aromatic N) is 2. The summed E-state index contributed by atoms with van der Waals surface area (Å²) in [6.07, 6.45) is 0. The first-order chi connectivity index (χ1) is 9.97. The monoisotopic (exact) mass is 516 g/mol. The Morgan fingerprint density at radius 1 is 1.29 bits per heavy atom. The van der Waals surface area contributed by atoms with Crippen LogP contribution in [0.25, 0.3) is 0 Å². The van der Waals surface area contributed by atoms with Crippen LogP contribution in [0.15, 0.2) is 12.1 Å². The van der Waals surface area contributed by atoms with E-state index in [9.17, 15) is 9.90 Å². The van der Waals surface area contributed by atoms with Gasteiger partial charge in [-0.1, -0.05) is 0 Å². The van der Waals surface area contributed by atoms with Crippen molar-refractivity contribution in [3.05, 3.63) is 24.8 Å². The van der Waals surface area contributed by atoms with Gasteiger partial charge in [0.1, 0.15) is 17.9 Å². The Kier molecular flexibility index (Phi) is 6.51. The molecule has 116 valence electrons. The van der Waals surface area contributed by atoms with E-state index in [1.807, 2.05) is 28.7 Å². The number of carbonyl (C=O) groups is 1. The molecule has 2 rings (SSSR count). The molecule has 0 saturated carbocycles. The highest BCUT2D eigenvalue weighted by atomic mass is 127. The van der Waals surface area contributed by atoms with E-state index in [0.717, 1.165) is 36.3 Å². The second-order valence-corrected chi connectivity index (χ2v) is 7.47. The van der Waals surface area contributed by atoms with Gasteiger partial charge in [-0.25, -0.2) is 4.79 Å². The van der Waals surface area contributed by atoms with Crippen LogP contribution in [0.1, 0.15) is 10.4 Å². The molecule has 0 amide bonds. The van der Waals surface area contributed by atoms with Crippen LogP contribution in [-0.4, -0.2) is 67.3 Å². The van der Waals surface area contributed by atoms with Gasteiger partial charge in [-0.3, -0.25) is 4.90 Å². The largest absolute Gasteiger partial charge is 0.506 e. The maximum atomic E-state index is 12.0. The average Bonchev–Trinajstić information content (AvgIpc) is 2.44. The Labute approximate surface area is 151 Å². The Hall–Kier alpha value is -0.130. The molecule has 0 radical (unpaired) electrons. The predicted octanol–water partition coefficient (Wildman–Crippen LogP) is 2.01. The summed E-state index contributed by atoms with van der Waals surface area (Å²) in [5.74, 6) is -0.460. The third-order valence-electron chi connectivity index (χ3n) is 3.48. The van der Waals surface area contributed by atoms with Gasteiger partial charge >= 0.3 is 5.97 Å². The van der Waals surface area contributed by atoms with Gasteiger partial charge in [0.15, 0.2) is 0 Å². The molecule has 1 fully saturated rings. The van der Waals surface area contributed by atoms with Gasteiger partial charge in [0.2, 0.25) is 0 Å². The zero-order chi connectivity index (χ0) is 15.4. The molecule has 0 unspecified atom stereocenters. The summed E-state index contributed by atoms with van der Waals surface area (Å²) in [4.78, 5) is 16.6. The maximum Gasteiger partial charge on any atom is 0.342 e. The van der Waals surface area contributed by atoms with Crippen LogP contribution >= 0.6 is 45.2 Å². The minimum Gasteiger partial charge on any atom is -0.506 e. The molecule has 1 aromatic rings. The van der Waals surface area contributed by atoms with Crippen molar-refractivity contribution in [2.24, 2.45) is 0 Å². The fraction of sp³-hybridized carbons (Fsp3) is 0.500. The van der Waals surface area contributed by atoms with Gasteiger partial charge in [-0.15, -0.1) is 0 Å². The summed E-state index contributed by atoms with van der Waals surface area (Å²) in [5.41, 5.74) is 0.240. The Morgan fingerprint density at radius 3 is 2.62 bits per heavy atom. The highest BCUT2D eigenvalue weighted by Gasteiger charge is 2.18. The second kappa shape index (κ2) is 7.93. The molecule has 21 heavy (non-hydrogen) atoms. The first-order valence-electron chi connectivity index (χ1n) is 6.73. The van der Waals surface area contributed by atoms with E-state index in [1.165, 1.54) is 0 Å². The molecule has 0 bridgehead atoms. The quantitative estimate of drug-likeness (QED) is 0.491. The lowest BCUT2D eigenvalue weighted by Crippen LogP contribution is -2.45. The number of phenolic OH excluding ortho intramolecular Hbond substituents is 1. The molecule has 5 nitrogen and oxygen atoms in total. The lowest BCUT2D eigenvalue weighted by Gasteiger charge is -2.32. The Bertz CT molecular complexity index is 517. The average molecular weight is 516 g/mol. The highest BCUT2D eigenvalue weighted by molar-refractivity contribution is 14.1. The van der Waals surface area contributed by atoms with E-state index >= 15 is 0 Å². The minimum atomic E-state index is -0.460. The number of halogens is 2. The number of hydrogen-bond donors (Lipinski definition) is 1. The lowest BCUT2D eigenvalue weighted by molar-refractivity contribution is 0.0429. The molecule has 1 aliphatic heterocycles. The summed E-state index contributed by atoms with van der Waals surface area (Å²) in [6, 6.07) is 3.47. The molecule has 1 N–H and O–H groups in total. The number of phenols is 1. The minimum absolute atomic E-state index is 0.000568. The van der Waals surface area contributed by atoms with Gasteiger partial charge in [0.25, 0.3) is 0 Å². The standard InChI is InChI=1S/C14H18I2N2O3/c1-17-2-4-18(5-3-17)6-7-21-14(20)11-8-10(15)9-12(16)13(11)19/h8-9,19H,2-7H2,1H3. The lowest BCUT2D eigenvalue weighted by atomic mass is 10.2. The molecule has 1 saturated heterocycles. The van der Waals surface area contributed by atoms with E-state index < -0.39 is 5.97 Å². The van der Waals surface area contributed by atoms with Gasteiger partial charge in [-0.05, 0) is 64.4 Å². The molecular formula is C14H18I2N2O3. The summed E-state index contributed by atoms with van der Waals surface area (Å²) >= 11 is 4.13. The number of benzene rings is 1.